The summed E-state index contributed by atoms with van der Waals surface area (Å²) in [7, 11) is 0. The van der Waals surface area contributed by atoms with E-state index in [4.69, 9.17) is 5.73 Å². The minimum atomic E-state index is 0. The summed E-state index contributed by atoms with van der Waals surface area (Å²) in [6.45, 7) is 4.45. The third kappa shape index (κ3) is 4.34. The predicted molar refractivity (Wildman–Crippen MR) is 59.0 cm³/mol. The highest BCUT2D eigenvalue weighted by molar-refractivity contribution is 5.85. The molecule has 76 valence electrons. The van der Waals surface area contributed by atoms with Crippen LogP contribution in [0.25, 0.3) is 0 Å². The number of nitrogens with two attached hydrogens (primary N) is 1. The maximum atomic E-state index is 5.96. The van der Waals surface area contributed by atoms with E-state index in [0.717, 1.165) is 18.0 Å². The number of aromatic amines is 1. The molecule has 0 saturated heterocycles. The van der Waals surface area contributed by atoms with E-state index in [1.807, 2.05) is 18.3 Å². The second-order valence-electron chi connectivity index (χ2n) is 3.70. The number of halogens is 1. The van der Waals surface area contributed by atoms with Gasteiger partial charge in [0.05, 0.1) is 0 Å². The van der Waals surface area contributed by atoms with Crippen LogP contribution >= 0.6 is 12.4 Å². The quantitative estimate of drug-likeness (QED) is 0.775. The molecule has 13 heavy (non-hydrogen) atoms. The molecular weight excluding hydrogens is 184 g/mol. The minimum absolute atomic E-state index is 0. The molecule has 0 amide bonds. The summed E-state index contributed by atoms with van der Waals surface area (Å²) in [5.41, 5.74) is 7.11. The molecule has 0 aromatic carbocycles. The smallest absolute Gasteiger partial charge is 0.0447 e. The van der Waals surface area contributed by atoms with Crippen LogP contribution in [0.1, 0.15) is 38.4 Å². The summed E-state index contributed by atoms with van der Waals surface area (Å²) in [5, 5.41) is 0. The summed E-state index contributed by atoms with van der Waals surface area (Å²) in [6, 6.07) is 4.22. The summed E-state index contributed by atoms with van der Waals surface area (Å²) in [6.07, 6.45) is 4.18. The van der Waals surface area contributed by atoms with Crippen molar-refractivity contribution >= 4 is 12.4 Å². The van der Waals surface area contributed by atoms with Crippen molar-refractivity contribution in [2.24, 2.45) is 11.7 Å². The van der Waals surface area contributed by atoms with Crippen LogP contribution in [-0.2, 0) is 0 Å². The van der Waals surface area contributed by atoms with E-state index < -0.39 is 0 Å². The molecule has 0 aliphatic rings. The van der Waals surface area contributed by atoms with Crippen molar-refractivity contribution in [2.75, 3.05) is 0 Å². The van der Waals surface area contributed by atoms with Gasteiger partial charge in [0.25, 0.3) is 0 Å². The van der Waals surface area contributed by atoms with Crippen LogP contribution in [0.3, 0.4) is 0 Å². The highest BCUT2D eigenvalue weighted by atomic mass is 35.5. The minimum Gasteiger partial charge on any atom is -0.364 e. The normalized spacial score (nSPS) is 12.6. The average molecular weight is 203 g/mol. The molecule has 1 aromatic rings. The van der Waals surface area contributed by atoms with Gasteiger partial charge in [0.1, 0.15) is 0 Å². The van der Waals surface area contributed by atoms with Gasteiger partial charge in [0.2, 0.25) is 0 Å². The van der Waals surface area contributed by atoms with E-state index in [0.29, 0.717) is 0 Å². The molecular formula is C10H19ClN2. The van der Waals surface area contributed by atoms with Crippen molar-refractivity contribution in [1.29, 1.82) is 0 Å². The highest BCUT2D eigenvalue weighted by Crippen LogP contribution is 2.16. The molecule has 0 radical (unpaired) electrons. The monoisotopic (exact) mass is 202 g/mol. The Hall–Kier alpha value is -0.470. The SMILES string of the molecule is CC(C)CC[C@@H](N)c1ccc[nH]1.Cl. The van der Waals surface area contributed by atoms with Gasteiger partial charge in [0.15, 0.2) is 0 Å². The molecule has 3 heteroatoms. The average Bonchev–Trinajstić information content (AvgIpc) is 2.51. The Morgan fingerprint density at radius 3 is 2.54 bits per heavy atom. The highest BCUT2D eigenvalue weighted by Gasteiger charge is 2.06. The molecule has 0 aliphatic heterocycles. The van der Waals surface area contributed by atoms with E-state index >= 15 is 0 Å². The van der Waals surface area contributed by atoms with Crippen molar-refractivity contribution in [3.05, 3.63) is 24.0 Å². The first-order valence-electron chi connectivity index (χ1n) is 4.59. The van der Waals surface area contributed by atoms with Gasteiger partial charge in [0, 0.05) is 17.9 Å². The summed E-state index contributed by atoms with van der Waals surface area (Å²) >= 11 is 0. The molecule has 1 aromatic heterocycles. The van der Waals surface area contributed by atoms with Crippen LogP contribution in [0, 0.1) is 5.92 Å². The zero-order valence-corrected chi connectivity index (χ0v) is 9.10. The second kappa shape index (κ2) is 6.06. The molecule has 0 saturated carbocycles. The summed E-state index contributed by atoms with van der Waals surface area (Å²) in [5.74, 6) is 0.742. The lowest BCUT2D eigenvalue weighted by Crippen LogP contribution is -2.11. The Morgan fingerprint density at radius 2 is 2.08 bits per heavy atom. The van der Waals surface area contributed by atoms with Crippen LogP contribution in [-0.4, -0.2) is 4.98 Å². The number of nitrogens with one attached hydrogen (secondary N) is 1. The zero-order chi connectivity index (χ0) is 8.97. The van der Waals surface area contributed by atoms with Crippen LogP contribution in [0.4, 0.5) is 0 Å². The van der Waals surface area contributed by atoms with E-state index in [1.54, 1.807) is 0 Å². The third-order valence-electron chi connectivity index (χ3n) is 2.08. The number of aromatic nitrogens is 1. The zero-order valence-electron chi connectivity index (χ0n) is 8.29. The topological polar surface area (TPSA) is 41.8 Å². The molecule has 3 N–H and O–H groups in total. The Kier molecular flexibility index (Phi) is 5.84. The first-order valence-corrected chi connectivity index (χ1v) is 4.59. The largest absolute Gasteiger partial charge is 0.364 e. The van der Waals surface area contributed by atoms with Gasteiger partial charge in [-0.3, -0.25) is 0 Å². The fourth-order valence-electron chi connectivity index (χ4n) is 1.24. The number of H-pyrrole nitrogens is 1. The van der Waals surface area contributed by atoms with E-state index in [9.17, 15) is 0 Å². The predicted octanol–water partition coefficient (Wildman–Crippen LogP) is 2.87. The first kappa shape index (κ1) is 12.5. The van der Waals surface area contributed by atoms with Crippen LogP contribution in [0.5, 0.6) is 0 Å². The van der Waals surface area contributed by atoms with Crippen molar-refractivity contribution in [2.45, 2.75) is 32.7 Å². The molecule has 0 fully saturated rings. The first-order chi connectivity index (χ1) is 5.70. The molecule has 0 unspecified atom stereocenters. The van der Waals surface area contributed by atoms with E-state index in [-0.39, 0.29) is 18.4 Å². The van der Waals surface area contributed by atoms with Crippen molar-refractivity contribution in [3.8, 4) is 0 Å². The van der Waals surface area contributed by atoms with Gasteiger partial charge >= 0.3 is 0 Å². The fourth-order valence-corrected chi connectivity index (χ4v) is 1.24. The van der Waals surface area contributed by atoms with Crippen LogP contribution < -0.4 is 5.73 Å². The maximum absolute atomic E-state index is 5.96. The van der Waals surface area contributed by atoms with Crippen molar-refractivity contribution < 1.29 is 0 Å². The molecule has 1 heterocycles. The lowest BCUT2D eigenvalue weighted by atomic mass is 10.0. The third-order valence-corrected chi connectivity index (χ3v) is 2.08. The Bertz CT molecular complexity index is 207. The standard InChI is InChI=1S/C10H18N2.ClH/c1-8(2)5-6-9(11)10-4-3-7-12-10;/h3-4,7-9,12H,5-6,11H2,1-2H3;1H/t9-;/m1./s1. The summed E-state index contributed by atoms with van der Waals surface area (Å²) in [4.78, 5) is 3.14. The van der Waals surface area contributed by atoms with Gasteiger partial charge in [-0.1, -0.05) is 13.8 Å². The molecule has 0 bridgehead atoms. The van der Waals surface area contributed by atoms with Gasteiger partial charge in [-0.15, -0.1) is 12.4 Å². The Balaban J connectivity index is 0.00000144. The number of rotatable bonds is 4. The van der Waals surface area contributed by atoms with Gasteiger partial charge in [-0.05, 0) is 30.9 Å². The van der Waals surface area contributed by atoms with Crippen LogP contribution in [0.2, 0.25) is 0 Å². The van der Waals surface area contributed by atoms with Gasteiger partial charge in [-0.2, -0.15) is 0 Å². The number of hydrogen-bond donors (Lipinski definition) is 2. The molecule has 0 spiro atoms. The maximum Gasteiger partial charge on any atom is 0.0447 e. The summed E-state index contributed by atoms with van der Waals surface area (Å²) < 4.78 is 0. The Morgan fingerprint density at radius 1 is 1.38 bits per heavy atom. The van der Waals surface area contributed by atoms with E-state index in [2.05, 4.69) is 18.8 Å². The lowest BCUT2D eigenvalue weighted by Gasteiger charge is -2.11. The lowest BCUT2D eigenvalue weighted by molar-refractivity contribution is 0.502. The van der Waals surface area contributed by atoms with Gasteiger partial charge < -0.3 is 10.7 Å². The van der Waals surface area contributed by atoms with E-state index in [1.165, 1.54) is 6.42 Å². The molecule has 0 aliphatic carbocycles. The number of hydrogen-bond acceptors (Lipinski definition) is 1. The van der Waals surface area contributed by atoms with Crippen molar-refractivity contribution in [1.82, 2.24) is 4.98 Å². The van der Waals surface area contributed by atoms with Crippen molar-refractivity contribution in [3.63, 3.8) is 0 Å². The fraction of sp³-hybridized carbons (Fsp3) is 0.600. The Labute approximate surface area is 86.3 Å². The van der Waals surface area contributed by atoms with Gasteiger partial charge in [-0.25, -0.2) is 0 Å². The molecule has 2 nitrogen and oxygen atoms in total. The van der Waals surface area contributed by atoms with Crippen LogP contribution in [0.15, 0.2) is 18.3 Å². The molecule has 1 rings (SSSR count). The second-order valence-corrected chi connectivity index (χ2v) is 3.70. The molecule has 1 atom stereocenters.